The van der Waals surface area contributed by atoms with Crippen molar-refractivity contribution >= 4 is 17.7 Å². The van der Waals surface area contributed by atoms with Crippen LogP contribution in [-0.4, -0.2) is 18.7 Å². The van der Waals surface area contributed by atoms with Crippen LogP contribution in [0.4, 0.5) is 18.0 Å². The van der Waals surface area contributed by atoms with Gasteiger partial charge in [-0.25, -0.2) is 4.79 Å². The van der Waals surface area contributed by atoms with Gasteiger partial charge in [-0.3, -0.25) is 0 Å². The molecule has 0 aromatic heterocycles. The summed E-state index contributed by atoms with van der Waals surface area (Å²) >= 11 is 5.87. The zero-order valence-electron chi connectivity index (χ0n) is 13.8. The van der Waals surface area contributed by atoms with E-state index < -0.39 is 17.8 Å². The summed E-state index contributed by atoms with van der Waals surface area (Å²) < 4.78 is 43.5. The van der Waals surface area contributed by atoms with E-state index in [0.717, 1.165) is 6.07 Å². The van der Waals surface area contributed by atoms with Crippen LogP contribution in [0.15, 0.2) is 18.2 Å². The number of ether oxygens (including phenoxy) is 1. The van der Waals surface area contributed by atoms with Gasteiger partial charge in [-0.1, -0.05) is 44.5 Å². The van der Waals surface area contributed by atoms with Crippen LogP contribution in [-0.2, 0) is 17.5 Å². The number of carbonyl (C=O) groups is 1. The Hall–Kier alpha value is -1.47. The molecule has 0 saturated heterocycles. The number of nitrogens with two attached hydrogens (primary N) is 1. The number of alkyl halides is 3. The molecule has 1 unspecified atom stereocenters. The van der Waals surface area contributed by atoms with Crippen LogP contribution in [0.1, 0.15) is 38.3 Å². The monoisotopic (exact) mass is 366 g/mol. The van der Waals surface area contributed by atoms with E-state index in [2.05, 4.69) is 5.32 Å². The summed E-state index contributed by atoms with van der Waals surface area (Å²) in [4.78, 5) is 10.8. The summed E-state index contributed by atoms with van der Waals surface area (Å²) in [6.07, 6.45) is -4.77. The minimum atomic E-state index is -4.51. The summed E-state index contributed by atoms with van der Waals surface area (Å²) in [7, 11) is 0. The van der Waals surface area contributed by atoms with Crippen molar-refractivity contribution in [3.8, 4) is 0 Å². The zero-order chi connectivity index (χ0) is 18.5. The number of benzene rings is 1. The molecular weight excluding hydrogens is 345 g/mol. The van der Waals surface area contributed by atoms with E-state index in [0.29, 0.717) is 12.0 Å². The number of nitrogens with one attached hydrogen (secondary N) is 1. The fourth-order valence-electron chi connectivity index (χ4n) is 2.30. The van der Waals surface area contributed by atoms with Gasteiger partial charge in [-0.2, -0.15) is 13.2 Å². The minimum Gasteiger partial charge on any atom is -0.448 e. The lowest BCUT2D eigenvalue weighted by Crippen LogP contribution is -2.38. The van der Waals surface area contributed by atoms with Crippen molar-refractivity contribution in [2.24, 2.45) is 11.1 Å². The van der Waals surface area contributed by atoms with Gasteiger partial charge in [-0.15, -0.1) is 0 Å². The molecule has 0 bridgehead atoms. The average molecular weight is 367 g/mol. The largest absolute Gasteiger partial charge is 0.448 e. The lowest BCUT2D eigenvalue weighted by atomic mass is 9.88. The first kappa shape index (κ1) is 20.6. The van der Waals surface area contributed by atoms with E-state index in [-0.39, 0.29) is 29.6 Å². The Balaban J connectivity index is 2.84. The lowest BCUT2D eigenvalue weighted by molar-refractivity contribution is -0.137. The maximum Gasteiger partial charge on any atom is 0.417 e. The molecular formula is C16H22ClF3N2O2. The van der Waals surface area contributed by atoms with Gasteiger partial charge >= 0.3 is 12.3 Å². The van der Waals surface area contributed by atoms with Gasteiger partial charge in [0.1, 0.15) is 6.61 Å². The minimum absolute atomic E-state index is 0.0309. The van der Waals surface area contributed by atoms with Crippen LogP contribution >= 0.6 is 11.6 Å². The van der Waals surface area contributed by atoms with Gasteiger partial charge in [0.15, 0.2) is 0 Å². The smallest absolute Gasteiger partial charge is 0.417 e. The highest BCUT2D eigenvalue weighted by atomic mass is 35.5. The normalized spacial score (nSPS) is 13.6. The van der Waals surface area contributed by atoms with Crippen molar-refractivity contribution in [1.82, 2.24) is 5.32 Å². The van der Waals surface area contributed by atoms with Crippen LogP contribution in [0.2, 0.25) is 5.02 Å². The molecule has 0 spiro atoms. The number of halogens is 4. The maximum absolute atomic E-state index is 12.9. The topological polar surface area (TPSA) is 64.3 Å². The summed E-state index contributed by atoms with van der Waals surface area (Å²) in [5.41, 5.74) is 4.35. The number of amides is 1. The molecule has 0 aliphatic carbocycles. The first-order chi connectivity index (χ1) is 10.9. The molecule has 1 amide bonds. The second-order valence-electron chi connectivity index (χ2n) is 6.75. The molecule has 0 radical (unpaired) electrons. The Labute approximate surface area is 144 Å². The van der Waals surface area contributed by atoms with E-state index in [4.69, 9.17) is 22.1 Å². The van der Waals surface area contributed by atoms with Crippen LogP contribution in [0.25, 0.3) is 0 Å². The molecule has 4 nitrogen and oxygen atoms in total. The second kappa shape index (κ2) is 8.07. The van der Waals surface area contributed by atoms with Crippen LogP contribution < -0.4 is 11.1 Å². The highest BCUT2D eigenvalue weighted by molar-refractivity contribution is 6.32. The SMILES string of the molecule is CC(C)(C)CC(COC(N)=O)NCc1cccc(C(F)(F)F)c1Cl. The third kappa shape index (κ3) is 6.97. The first-order valence-corrected chi connectivity index (χ1v) is 7.78. The van der Waals surface area contributed by atoms with Crippen LogP contribution in [0.5, 0.6) is 0 Å². The standard InChI is InChI=1S/C16H22ClF3N2O2/c1-15(2,3)7-11(9-24-14(21)23)22-8-10-5-4-6-12(13(10)17)16(18,19)20/h4-6,11,22H,7-9H2,1-3H3,(H2,21,23). The van der Waals surface area contributed by atoms with E-state index in [1.807, 2.05) is 20.8 Å². The van der Waals surface area contributed by atoms with Gasteiger partial charge in [0.25, 0.3) is 0 Å². The molecule has 24 heavy (non-hydrogen) atoms. The van der Waals surface area contributed by atoms with E-state index in [1.165, 1.54) is 12.1 Å². The Kier molecular flexibility index (Phi) is 6.92. The number of hydrogen-bond donors (Lipinski definition) is 2. The van der Waals surface area contributed by atoms with Crippen LogP contribution in [0.3, 0.4) is 0 Å². The summed E-state index contributed by atoms with van der Waals surface area (Å²) in [5.74, 6) is 0. The molecule has 8 heteroatoms. The molecule has 1 rings (SSSR count). The molecule has 3 N–H and O–H groups in total. The first-order valence-electron chi connectivity index (χ1n) is 7.40. The Morgan fingerprint density at radius 1 is 1.33 bits per heavy atom. The summed E-state index contributed by atoms with van der Waals surface area (Å²) in [6.45, 7) is 6.16. The molecule has 136 valence electrons. The fraction of sp³-hybridized carbons (Fsp3) is 0.562. The quantitative estimate of drug-likeness (QED) is 0.786. The summed E-state index contributed by atoms with van der Waals surface area (Å²) in [6, 6.07) is 3.51. The average Bonchev–Trinajstić information content (AvgIpc) is 2.40. The third-order valence-electron chi connectivity index (χ3n) is 3.25. The molecule has 0 aliphatic rings. The second-order valence-corrected chi connectivity index (χ2v) is 7.13. The molecule has 1 aromatic rings. The molecule has 0 fully saturated rings. The van der Waals surface area contributed by atoms with Crippen molar-refractivity contribution in [3.05, 3.63) is 34.3 Å². The predicted molar refractivity (Wildman–Crippen MR) is 86.7 cm³/mol. The Morgan fingerprint density at radius 3 is 2.46 bits per heavy atom. The third-order valence-corrected chi connectivity index (χ3v) is 3.70. The van der Waals surface area contributed by atoms with Gasteiger partial charge in [0.05, 0.1) is 10.6 Å². The highest BCUT2D eigenvalue weighted by Gasteiger charge is 2.33. The molecule has 0 heterocycles. The zero-order valence-corrected chi connectivity index (χ0v) is 14.6. The van der Waals surface area contributed by atoms with Crippen molar-refractivity contribution < 1.29 is 22.7 Å². The molecule has 0 saturated carbocycles. The summed E-state index contributed by atoms with van der Waals surface area (Å²) in [5, 5.41) is 2.75. The van der Waals surface area contributed by atoms with E-state index in [9.17, 15) is 18.0 Å². The highest BCUT2D eigenvalue weighted by Crippen LogP contribution is 2.36. The van der Waals surface area contributed by atoms with Crippen molar-refractivity contribution in [3.63, 3.8) is 0 Å². The Morgan fingerprint density at radius 2 is 1.96 bits per heavy atom. The number of primary amides is 1. The molecule has 1 atom stereocenters. The predicted octanol–water partition coefficient (Wildman–Crippen LogP) is 4.35. The van der Waals surface area contributed by atoms with Crippen LogP contribution in [0, 0.1) is 5.41 Å². The molecule has 1 aromatic carbocycles. The van der Waals surface area contributed by atoms with Crippen molar-refractivity contribution in [2.75, 3.05) is 6.61 Å². The van der Waals surface area contributed by atoms with Gasteiger partial charge < -0.3 is 15.8 Å². The lowest BCUT2D eigenvalue weighted by Gasteiger charge is -2.26. The van der Waals surface area contributed by atoms with Crippen molar-refractivity contribution in [2.45, 2.75) is 46.0 Å². The van der Waals surface area contributed by atoms with Crippen molar-refractivity contribution in [1.29, 1.82) is 0 Å². The number of carbonyl (C=O) groups excluding carboxylic acids is 1. The van der Waals surface area contributed by atoms with Gasteiger partial charge in [-0.05, 0) is 23.5 Å². The maximum atomic E-state index is 12.9. The fourth-order valence-corrected chi connectivity index (χ4v) is 2.60. The number of hydrogen-bond acceptors (Lipinski definition) is 3. The van der Waals surface area contributed by atoms with Gasteiger partial charge in [0, 0.05) is 12.6 Å². The van der Waals surface area contributed by atoms with E-state index >= 15 is 0 Å². The Bertz CT molecular complexity index is 571. The van der Waals surface area contributed by atoms with E-state index in [1.54, 1.807) is 0 Å². The number of rotatable bonds is 6. The molecule has 0 aliphatic heterocycles. The van der Waals surface area contributed by atoms with Gasteiger partial charge in [0.2, 0.25) is 0 Å².